The van der Waals surface area contributed by atoms with Crippen LogP contribution in [0.3, 0.4) is 0 Å². The average molecular weight is 1150 g/mol. The Kier molecular flexibility index (Phi) is 25.0. The highest BCUT2D eigenvalue weighted by molar-refractivity contribution is 6.39. The van der Waals surface area contributed by atoms with Gasteiger partial charge in [-0.1, -0.05) is 71.1 Å². The summed E-state index contributed by atoms with van der Waals surface area (Å²) in [4.78, 5) is 99.5. The molecule has 2 amide bonds. The van der Waals surface area contributed by atoms with Crippen molar-refractivity contribution in [2.24, 2.45) is 35.5 Å². The number of carbonyl (C=O) groups is 6. The summed E-state index contributed by atoms with van der Waals surface area (Å²) in [5.74, 6) is -7.78. The van der Waals surface area contributed by atoms with E-state index in [1.54, 1.807) is 53.5 Å². The van der Waals surface area contributed by atoms with Crippen LogP contribution in [0.1, 0.15) is 131 Å². The summed E-state index contributed by atoms with van der Waals surface area (Å²) >= 11 is 0. The van der Waals surface area contributed by atoms with E-state index in [1.165, 1.54) is 12.0 Å². The van der Waals surface area contributed by atoms with Crippen molar-refractivity contribution in [1.82, 2.24) is 25.1 Å². The number of aliphatic hydroxyl groups excluding tert-OH is 1. The minimum absolute atomic E-state index is 0.00238. The van der Waals surface area contributed by atoms with Gasteiger partial charge in [0.15, 0.2) is 5.78 Å². The molecule has 456 valence electrons. The van der Waals surface area contributed by atoms with Crippen molar-refractivity contribution in [2.75, 3.05) is 66.0 Å². The summed E-state index contributed by atoms with van der Waals surface area (Å²) < 4.78 is 35.9. The van der Waals surface area contributed by atoms with Crippen LogP contribution in [0.2, 0.25) is 0 Å². The van der Waals surface area contributed by atoms with Crippen LogP contribution < -0.4 is 10.2 Å². The third-order valence-corrected chi connectivity index (χ3v) is 17.6. The van der Waals surface area contributed by atoms with Crippen LogP contribution in [0.4, 0.5) is 10.7 Å². The first kappa shape index (κ1) is 65.9. The maximum atomic E-state index is 14.7. The average Bonchev–Trinajstić information content (AvgIpc) is 3.54. The van der Waals surface area contributed by atoms with Crippen LogP contribution in [0, 0.1) is 35.5 Å². The number of aliphatic hydroxyl groups is 2. The molecule has 1 unspecified atom stereocenters. The number of fused-ring (bicyclic) bond motifs is 3. The molecule has 1 aromatic rings. The Bertz CT molecular complexity index is 2440. The molecule has 5 heterocycles. The number of alkyl carbamates (subject to hydrolysis) is 1. The molecule has 5 aliphatic rings. The van der Waals surface area contributed by atoms with Crippen molar-refractivity contribution in [3.8, 4) is 0 Å². The Hall–Kier alpha value is -5.22. The first-order chi connectivity index (χ1) is 39.1. The number of ether oxygens (including phenoxy) is 6. The summed E-state index contributed by atoms with van der Waals surface area (Å²) in [7, 11) is 6.60. The quantitative estimate of drug-likeness (QED) is 0.126. The van der Waals surface area contributed by atoms with E-state index >= 15 is 0 Å². The summed E-state index contributed by atoms with van der Waals surface area (Å²) in [6.07, 6.45) is 13.2. The molecule has 3 N–H and O–H groups in total. The van der Waals surface area contributed by atoms with Gasteiger partial charge in [-0.2, -0.15) is 0 Å². The maximum Gasteiger partial charge on any atom is 0.407 e. The summed E-state index contributed by atoms with van der Waals surface area (Å²) in [5, 5.41) is 26.5. The van der Waals surface area contributed by atoms with E-state index in [9.17, 15) is 39.0 Å². The lowest BCUT2D eigenvalue weighted by atomic mass is 9.78. The smallest absolute Gasteiger partial charge is 0.407 e. The van der Waals surface area contributed by atoms with Gasteiger partial charge in [-0.3, -0.25) is 19.2 Å². The van der Waals surface area contributed by atoms with E-state index < -0.39 is 102 Å². The molecule has 2 bridgehead atoms. The fraction of sp³-hybridized carbons (Fsp3) is 0.710. The lowest BCUT2D eigenvalue weighted by Crippen LogP contribution is -2.61. The monoisotopic (exact) mass is 1150 g/mol. The molecule has 0 aromatic carbocycles. The second-order valence-electron chi connectivity index (χ2n) is 24.0. The molecular weight excluding hydrogens is 1050 g/mol. The number of rotatable bonds is 10. The number of amides is 2. The van der Waals surface area contributed by atoms with E-state index in [1.807, 2.05) is 58.1 Å². The summed E-state index contributed by atoms with van der Waals surface area (Å²) in [6.45, 7) is 16.4. The first-order valence-electron chi connectivity index (χ1n) is 29.7. The standard InChI is InChI=1S/C62H94N6O14/c1-38-17-13-12-14-18-39(2)51(77-9)33-47-22-20-44(7)62(76,82-47)57(72)58(73)68-24-16-15-19-48(68)59(74)80-52(34-49(69)40(3)30-43(6)55(71)56(79-11)54(70)42(5)29-38)41(4)31-45-21-23-50(53(32-45)78-10)81-61(75)65-37-46-35-63-60(64-36-46)67-27-25-66(8)26-28-67/h12-14,17-18,30,35-36,38,40-42,44-45,47-48,50-53,55-56,71,76H,15-16,19-29,31-34,37H2,1-11H3,(H,65,75)/b14-12+,17-13+,39-18+,43-30+/t38-,40-,41-,42?,44-,45+,47+,48+,50-,51+,52+,53-,55-,56+,62-/m1/s1. The zero-order valence-electron chi connectivity index (χ0n) is 50.5. The Labute approximate surface area is 485 Å². The Morgan fingerprint density at radius 3 is 2.24 bits per heavy atom. The lowest BCUT2D eigenvalue weighted by molar-refractivity contribution is -0.265. The molecule has 82 heavy (non-hydrogen) atoms. The minimum Gasteiger partial charge on any atom is -0.460 e. The second-order valence-corrected chi connectivity index (χ2v) is 24.0. The number of nitrogens with one attached hydrogen (secondary N) is 1. The minimum atomic E-state index is -2.46. The second kappa shape index (κ2) is 31.1. The third-order valence-electron chi connectivity index (χ3n) is 17.6. The van der Waals surface area contributed by atoms with Crippen LogP contribution >= 0.6 is 0 Å². The van der Waals surface area contributed by atoms with Gasteiger partial charge < -0.3 is 58.7 Å². The van der Waals surface area contributed by atoms with Gasteiger partial charge in [-0.15, -0.1) is 0 Å². The number of hydrogen-bond acceptors (Lipinski definition) is 18. The number of nitrogens with zero attached hydrogens (tertiary/aromatic N) is 5. The van der Waals surface area contributed by atoms with Crippen LogP contribution in [0.25, 0.3) is 0 Å². The molecule has 1 aromatic heterocycles. The van der Waals surface area contributed by atoms with E-state index in [4.69, 9.17) is 28.4 Å². The van der Waals surface area contributed by atoms with Gasteiger partial charge in [0.1, 0.15) is 36.2 Å². The number of allylic oxidation sites excluding steroid dienone is 6. The van der Waals surface area contributed by atoms with Gasteiger partial charge in [0.05, 0.1) is 18.3 Å². The number of aromatic nitrogens is 2. The zero-order chi connectivity index (χ0) is 59.8. The fourth-order valence-corrected chi connectivity index (χ4v) is 12.2. The molecule has 1 saturated carbocycles. The number of hydrogen-bond donors (Lipinski definition) is 3. The molecule has 0 radical (unpaired) electrons. The highest BCUT2D eigenvalue weighted by atomic mass is 16.6. The largest absolute Gasteiger partial charge is 0.460 e. The molecule has 20 nitrogen and oxygen atoms in total. The number of likely N-dealkylation sites (N-methyl/N-ethyl adjacent to an activating group) is 1. The molecule has 1 aliphatic carbocycles. The zero-order valence-corrected chi connectivity index (χ0v) is 50.5. The normalized spacial score (nSPS) is 35.7. The number of piperidine rings is 1. The van der Waals surface area contributed by atoms with Gasteiger partial charge in [0, 0.05) is 109 Å². The number of ketones is 3. The van der Waals surface area contributed by atoms with E-state index in [-0.39, 0.29) is 49.3 Å². The van der Waals surface area contributed by atoms with Gasteiger partial charge in [-0.25, -0.2) is 19.6 Å². The summed E-state index contributed by atoms with van der Waals surface area (Å²) in [5.41, 5.74) is 1.96. The summed E-state index contributed by atoms with van der Waals surface area (Å²) in [6, 6.07) is -1.19. The third kappa shape index (κ3) is 17.7. The first-order valence-corrected chi connectivity index (χ1v) is 29.7. The predicted molar refractivity (Wildman–Crippen MR) is 308 cm³/mol. The number of anilines is 1. The Morgan fingerprint density at radius 2 is 1.56 bits per heavy atom. The van der Waals surface area contributed by atoms with Gasteiger partial charge in [0.2, 0.25) is 11.7 Å². The SMILES string of the molecule is CO[C@H]1C[C@@H]2CC[C@@H](C)[C@@](O)(O2)C(=O)C(=O)N2CCCC[C@H]2C(=O)O[C@H]([C@H](C)C[C@@H]2CC[C@@H](OC(=O)NCc3cnc(N4CCN(C)CC4)nc3)[C@H](OC)C2)CC(=O)[C@H](C)/C=C(\C)[C@@H](O)[C@@H](OC)C(=O)C(C)C[C@H](C)/C=C/C=C/C=C/1C. The Balaban J connectivity index is 1.20. The van der Waals surface area contributed by atoms with Crippen LogP contribution in [-0.4, -0.2) is 181 Å². The molecule has 20 heteroatoms. The van der Waals surface area contributed by atoms with Crippen molar-refractivity contribution in [3.63, 3.8) is 0 Å². The topological polar surface area (TPSA) is 246 Å². The number of piperazine rings is 1. The predicted octanol–water partition coefficient (Wildman–Crippen LogP) is 6.66. The van der Waals surface area contributed by atoms with Gasteiger partial charge >= 0.3 is 12.1 Å². The number of cyclic esters (lactones) is 1. The molecule has 0 spiro atoms. The van der Waals surface area contributed by atoms with Gasteiger partial charge in [0.25, 0.3) is 11.7 Å². The van der Waals surface area contributed by atoms with Crippen molar-refractivity contribution >= 4 is 41.3 Å². The molecule has 4 aliphatic heterocycles. The maximum absolute atomic E-state index is 14.7. The number of Topliss-reactive ketones (excluding diaryl/α,β-unsaturated/α-hetero) is 3. The highest BCUT2D eigenvalue weighted by Crippen LogP contribution is 2.38. The van der Waals surface area contributed by atoms with E-state index in [0.717, 1.165) is 37.3 Å². The van der Waals surface area contributed by atoms with Crippen molar-refractivity contribution in [2.45, 2.75) is 187 Å². The molecule has 15 atom stereocenters. The van der Waals surface area contributed by atoms with Crippen LogP contribution in [0.15, 0.2) is 60.0 Å². The van der Waals surface area contributed by atoms with Crippen molar-refractivity contribution in [1.29, 1.82) is 0 Å². The molecular formula is C62H94N6O14. The fourth-order valence-electron chi connectivity index (χ4n) is 12.2. The van der Waals surface area contributed by atoms with Crippen LogP contribution in [0.5, 0.6) is 0 Å². The Morgan fingerprint density at radius 1 is 0.841 bits per heavy atom. The number of carbonyl (C=O) groups excluding carboxylic acids is 6. The number of esters is 1. The van der Waals surface area contributed by atoms with E-state index in [2.05, 4.69) is 32.1 Å². The lowest BCUT2D eigenvalue weighted by Gasteiger charge is -2.42. The van der Waals surface area contributed by atoms with Crippen molar-refractivity contribution in [3.05, 3.63) is 65.6 Å². The van der Waals surface area contributed by atoms with Gasteiger partial charge in [-0.05, 0) is 114 Å². The molecule has 6 rings (SSSR count). The molecule has 3 saturated heterocycles. The highest BCUT2D eigenvalue weighted by Gasteiger charge is 2.53. The molecule has 4 fully saturated rings. The van der Waals surface area contributed by atoms with Crippen molar-refractivity contribution < 1.29 is 67.4 Å². The van der Waals surface area contributed by atoms with E-state index in [0.29, 0.717) is 75.7 Å². The number of methoxy groups -OCH3 is 3. The van der Waals surface area contributed by atoms with Crippen LogP contribution in [-0.2, 0) is 58.9 Å².